The van der Waals surface area contributed by atoms with E-state index in [1.807, 2.05) is 30.5 Å². The predicted molar refractivity (Wildman–Crippen MR) is 101 cm³/mol. The van der Waals surface area contributed by atoms with E-state index in [1.165, 1.54) is 5.56 Å². The Kier molecular flexibility index (Phi) is 3.94. The summed E-state index contributed by atoms with van der Waals surface area (Å²) in [5.41, 5.74) is 9.56. The summed E-state index contributed by atoms with van der Waals surface area (Å²) < 4.78 is 1.05. The average Bonchev–Trinajstić information content (AvgIpc) is 2.97. The van der Waals surface area contributed by atoms with E-state index in [0.717, 1.165) is 27.5 Å². The Morgan fingerprint density at radius 1 is 1.08 bits per heavy atom. The number of rotatable bonds is 3. The number of pyridine rings is 1. The molecule has 120 valence electrons. The molecule has 2 aromatic carbocycles. The van der Waals surface area contributed by atoms with Gasteiger partial charge in [0.15, 0.2) is 5.96 Å². The fourth-order valence-corrected chi connectivity index (χ4v) is 3.65. The topological polar surface area (TPSA) is 54.5 Å². The molecule has 0 radical (unpaired) electrons. The molecule has 0 aliphatic carbocycles. The molecule has 2 heterocycles. The van der Waals surface area contributed by atoms with Crippen molar-refractivity contribution in [2.45, 2.75) is 12.6 Å². The van der Waals surface area contributed by atoms with Crippen LogP contribution >= 0.6 is 15.9 Å². The van der Waals surface area contributed by atoms with Gasteiger partial charge in [0.2, 0.25) is 0 Å². The van der Waals surface area contributed by atoms with E-state index < -0.39 is 0 Å². The van der Waals surface area contributed by atoms with Gasteiger partial charge in [-0.2, -0.15) is 0 Å². The number of aliphatic imine (C=N–C) groups is 1. The summed E-state index contributed by atoms with van der Waals surface area (Å²) in [5.74, 6) is 0.593. The first-order chi connectivity index (χ1) is 11.7. The fourth-order valence-electron chi connectivity index (χ4n) is 3.20. The van der Waals surface area contributed by atoms with Gasteiger partial charge in [-0.3, -0.25) is 9.98 Å². The third-order valence-corrected chi connectivity index (χ3v) is 5.09. The van der Waals surface area contributed by atoms with Crippen LogP contribution in [-0.4, -0.2) is 22.4 Å². The second kappa shape index (κ2) is 6.24. The molecule has 0 amide bonds. The molecule has 3 aromatic rings. The Labute approximate surface area is 149 Å². The van der Waals surface area contributed by atoms with Gasteiger partial charge >= 0.3 is 0 Å². The SMILES string of the molecule is NC1=NCC(c2ccc(Br)c3cccnc23)N1Cc1ccccc1. The van der Waals surface area contributed by atoms with Gasteiger partial charge in [0.05, 0.1) is 18.1 Å². The Morgan fingerprint density at radius 2 is 1.92 bits per heavy atom. The van der Waals surface area contributed by atoms with Crippen LogP contribution in [0.4, 0.5) is 0 Å². The lowest BCUT2D eigenvalue weighted by Crippen LogP contribution is -2.35. The minimum absolute atomic E-state index is 0.107. The van der Waals surface area contributed by atoms with E-state index in [2.05, 4.69) is 61.1 Å². The van der Waals surface area contributed by atoms with Gasteiger partial charge in [0.25, 0.3) is 0 Å². The van der Waals surface area contributed by atoms with Gasteiger partial charge < -0.3 is 10.6 Å². The van der Waals surface area contributed by atoms with Gasteiger partial charge in [-0.15, -0.1) is 0 Å². The van der Waals surface area contributed by atoms with Crippen molar-refractivity contribution in [1.29, 1.82) is 0 Å². The fraction of sp³-hybridized carbons (Fsp3) is 0.158. The molecule has 0 saturated heterocycles. The van der Waals surface area contributed by atoms with E-state index in [-0.39, 0.29) is 6.04 Å². The van der Waals surface area contributed by atoms with Crippen LogP contribution in [-0.2, 0) is 6.54 Å². The largest absolute Gasteiger partial charge is 0.370 e. The molecule has 1 aliphatic heterocycles. The molecule has 24 heavy (non-hydrogen) atoms. The summed E-state index contributed by atoms with van der Waals surface area (Å²) in [4.78, 5) is 11.2. The second-order valence-corrected chi connectivity index (χ2v) is 6.72. The molecule has 4 rings (SSSR count). The Bertz CT molecular complexity index is 908. The Balaban J connectivity index is 1.75. The zero-order chi connectivity index (χ0) is 16.5. The molecule has 0 spiro atoms. The van der Waals surface area contributed by atoms with Crippen LogP contribution in [0.15, 0.2) is 70.3 Å². The Hall–Kier alpha value is -2.40. The van der Waals surface area contributed by atoms with E-state index in [9.17, 15) is 0 Å². The smallest absolute Gasteiger partial charge is 0.192 e. The van der Waals surface area contributed by atoms with Crippen LogP contribution < -0.4 is 5.73 Å². The molecule has 0 saturated carbocycles. The maximum absolute atomic E-state index is 6.17. The third-order valence-electron chi connectivity index (χ3n) is 4.40. The number of benzene rings is 2. The monoisotopic (exact) mass is 380 g/mol. The summed E-state index contributed by atoms with van der Waals surface area (Å²) in [7, 11) is 0. The number of fused-ring (bicyclic) bond motifs is 1. The Morgan fingerprint density at radius 3 is 2.75 bits per heavy atom. The van der Waals surface area contributed by atoms with Crippen molar-refractivity contribution < 1.29 is 0 Å². The molecule has 1 atom stereocenters. The first-order valence-electron chi connectivity index (χ1n) is 7.87. The first kappa shape index (κ1) is 15.1. The summed E-state index contributed by atoms with van der Waals surface area (Å²) in [6, 6.07) is 18.7. The van der Waals surface area contributed by atoms with Crippen molar-refractivity contribution in [3.63, 3.8) is 0 Å². The quantitative estimate of drug-likeness (QED) is 0.750. The van der Waals surface area contributed by atoms with Crippen LogP contribution in [0.5, 0.6) is 0 Å². The zero-order valence-corrected chi connectivity index (χ0v) is 14.6. The van der Waals surface area contributed by atoms with E-state index in [4.69, 9.17) is 5.73 Å². The highest BCUT2D eigenvalue weighted by Crippen LogP contribution is 2.34. The second-order valence-electron chi connectivity index (χ2n) is 5.86. The van der Waals surface area contributed by atoms with Crippen molar-refractivity contribution >= 4 is 32.8 Å². The number of nitrogens with two attached hydrogens (primary N) is 1. The number of hydrogen-bond donors (Lipinski definition) is 1. The summed E-state index contributed by atoms with van der Waals surface area (Å²) in [6.45, 7) is 1.40. The summed E-state index contributed by atoms with van der Waals surface area (Å²) >= 11 is 3.61. The van der Waals surface area contributed by atoms with Crippen molar-refractivity contribution in [3.05, 3.63) is 76.4 Å². The van der Waals surface area contributed by atoms with Crippen LogP contribution in [0.3, 0.4) is 0 Å². The lowest BCUT2D eigenvalue weighted by molar-refractivity contribution is 0.342. The van der Waals surface area contributed by atoms with Gasteiger partial charge in [-0.1, -0.05) is 58.4 Å². The molecule has 4 nitrogen and oxygen atoms in total. The molecule has 5 heteroatoms. The lowest BCUT2D eigenvalue weighted by atomic mass is 10.0. The van der Waals surface area contributed by atoms with E-state index >= 15 is 0 Å². The van der Waals surface area contributed by atoms with Gasteiger partial charge in [-0.25, -0.2) is 0 Å². The summed E-state index contributed by atoms with van der Waals surface area (Å²) in [5, 5.41) is 1.11. The maximum Gasteiger partial charge on any atom is 0.192 e. The predicted octanol–water partition coefficient (Wildman–Crippen LogP) is 3.87. The van der Waals surface area contributed by atoms with Crippen molar-refractivity contribution in [2.24, 2.45) is 10.7 Å². The number of hydrogen-bond acceptors (Lipinski definition) is 4. The highest BCUT2D eigenvalue weighted by Gasteiger charge is 2.29. The normalized spacial score (nSPS) is 17.3. The molecule has 1 unspecified atom stereocenters. The minimum Gasteiger partial charge on any atom is -0.370 e. The number of aromatic nitrogens is 1. The molecular formula is C19H17BrN4. The maximum atomic E-state index is 6.17. The van der Waals surface area contributed by atoms with Gasteiger partial charge in [0, 0.05) is 28.2 Å². The lowest BCUT2D eigenvalue weighted by Gasteiger charge is -2.27. The molecule has 2 N–H and O–H groups in total. The average molecular weight is 381 g/mol. The number of halogens is 1. The van der Waals surface area contributed by atoms with Crippen LogP contribution in [0.2, 0.25) is 0 Å². The van der Waals surface area contributed by atoms with Crippen LogP contribution in [0.25, 0.3) is 10.9 Å². The van der Waals surface area contributed by atoms with Crippen molar-refractivity contribution in [1.82, 2.24) is 9.88 Å². The van der Waals surface area contributed by atoms with E-state index in [1.54, 1.807) is 0 Å². The molecule has 0 bridgehead atoms. The standard InChI is InChI=1S/C19H17BrN4/c20-16-9-8-15(18-14(16)7-4-10-22-18)17-11-23-19(21)24(17)12-13-5-2-1-3-6-13/h1-10,17H,11-12H2,(H2,21,23). The van der Waals surface area contributed by atoms with Crippen molar-refractivity contribution in [3.8, 4) is 0 Å². The molecule has 0 fully saturated rings. The minimum atomic E-state index is 0.107. The van der Waals surface area contributed by atoms with Crippen molar-refractivity contribution in [2.75, 3.05) is 6.54 Å². The van der Waals surface area contributed by atoms with Gasteiger partial charge in [0.1, 0.15) is 0 Å². The van der Waals surface area contributed by atoms with Crippen LogP contribution in [0.1, 0.15) is 17.2 Å². The number of nitrogens with zero attached hydrogens (tertiary/aromatic N) is 3. The third kappa shape index (κ3) is 2.65. The first-order valence-corrected chi connectivity index (χ1v) is 8.67. The molecular weight excluding hydrogens is 364 g/mol. The number of guanidine groups is 1. The zero-order valence-electron chi connectivity index (χ0n) is 13.1. The van der Waals surface area contributed by atoms with Crippen LogP contribution in [0, 0.1) is 0 Å². The highest BCUT2D eigenvalue weighted by atomic mass is 79.9. The van der Waals surface area contributed by atoms with Gasteiger partial charge in [-0.05, 0) is 17.7 Å². The molecule has 1 aromatic heterocycles. The van der Waals surface area contributed by atoms with E-state index in [0.29, 0.717) is 12.5 Å². The summed E-state index contributed by atoms with van der Waals surface area (Å²) in [6.07, 6.45) is 1.83. The highest BCUT2D eigenvalue weighted by molar-refractivity contribution is 9.10. The molecule has 1 aliphatic rings.